The van der Waals surface area contributed by atoms with E-state index in [0.29, 0.717) is 4.22 Å². The first-order valence-electron chi connectivity index (χ1n) is 9.23. The van der Waals surface area contributed by atoms with Crippen LogP contribution in [0.5, 0.6) is 0 Å². The van der Waals surface area contributed by atoms with E-state index in [1.165, 1.54) is 22.9 Å². The minimum atomic E-state index is -0.321. The van der Waals surface area contributed by atoms with Crippen LogP contribution in [-0.2, 0) is 19.2 Å². The number of hydrogen-bond acceptors (Lipinski definition) is 0. The molecule has 0 saturated heterocycles. The summed E-state index contributed by atoms with van der Waals surface area (Å²) in [7, 11) is -0.321. The molecule has 1 heterocycles. The number of fused-ring (bicyclic) bond motifs is 2. The fourth-order valence-corrected chi connectivity index (χ4v) is 9.87. The quantitative estimate of drug-likeness (QED) is 0.523. The van der Waals surface area contributed by atoms with Gasteiger partial charge >= 0.3 is 166 Å². The van der Waals surface area contributed by atoms with Gasteiger partial charge in [0.05, 0.1) is 0 Å². The van der Waals surface area contributed by atoms with Crippen molar-refractivity contribution in [2.45, 2.75) is 24.5 Å². The third kappa shape index (κ3) is 3.63. The first-order valence-corrected chi connectivity index (χ1v) is 12.3. The molecule has 2 aromatic carbocycles. The molecule has 0 fully saturated rings. The van der Waals surface area contributed by atoms with Crippen molar-refractivity contribution in [3.8, 4) is 0 Å². The van der Waals surface area contributed by atoms with Gasteiger partial charge < -0.3 is 24.8 Å². The summed E-state index contributed by atoms with van der Waals surface area (Å²) in [6.07, 6.45) is 6.13. The maximum Gasteiger partial charge on any atom is -1.00 e. The Kier molecular flexibility index (Phi) is 6.81. The average Bonchev–Trinajstić information content (AvgIpc) is 3.34. The molecular weight excluding hydrogens is 438 g/mol. The van der Waals surface area contributed by atoms with Gasteiger partial charge in [-0.05, 0) is 0 Å². The molecule has 2 atom stereocenters. The first-order chi connectivity index (χ1) is 12.7. The van der Waals surface area contributed by atoms with Crippen LogP contribution in [-0.4, -0.2) is 0 Å². The Labute approximate surface area is 189 Å². The summed E-state index contributed by atoms with van der Waals surface area (Å²) in [4.78, 5) is 0. The van der Waals surface area contributed by atoms with Gasteiger partial charge in [0.1, 0.15) is 0 Å². The summed E-state index contributed by atoms with van der Waals surface area (Å²) in [5.41, 5.74) is 6.10. The molecule has 0 spiro atoms. The SMILES string of the molecule is CC1=CC[C]([Ti+2][CH]2C(p3ccc4ccccc43)=Cc3ccccc32)=C1C.[Cl-].[Cl-]. The van der Waals surface area contributed by atoms with Crippen LogP contribution in [0.2, 0.25) is 0 Å². The summed E-state index contributed by atoms with van der Waals surface area (Å²) < 4.78 is 2.40. The maximum atomic E-state index is 2.52. The van der Waals surface area contributed by atoms with E-state index in [1.54, 1.807) is 25.4 Å². The summed E-state index contributed by atoms with van der Waals surface area (Å²) in [5, 5.41) is 4.65. The first kappa shape index (κ1) is 21.7. The van der Waals surface area contributed by atoms with Crippen LogP contribution in [0.15, 0.2) is 81.5 Å². The van der Waals surface area contributed by atoms with Crippen molar-refractivity contribution in [3.63, 3.8) is 0 Å². The van der Waals surface area contributed by atoms with Gasteiger partial charge in [0, 0.05) is 0 Å². The van der Waals surface area contributed by atoms with E-state index in [9.17, 15) is 0 Å². The van der Waals surface area contributed by atoms with Crippen molar-refractivity contribution in [1.29, 1.82) is 0 Å². The van der Waals surface area contributed by atoms with E-state index in [2.05, 4.69) is 86.4 Å². The fraction of sp³-hybridized carbons (Fsp3) is 0.167. The van der Waals surface area contributed by atoms with Crippen molar-refractivity contribution in [3.05, 3.63) is 92.6 Å². The molecule has 5 rings (SSSR count). The molecule has 2 unspecified atom stereocenters. The van der Waals surface area contributed by atoms with Crippen LogP contribution in [0, 0.1) is 0 Å². The van der Waals surface area contributed by atoms with Crippen molar-refractivity contribution in [1.82, 2.24) is 0 Å². The molecule has 0 radical (unpaired) electrons. The van der Waals surface area contributed by atoms with Crippen LogP contribution < -0.4 is 24.8 Å². The monoisotopic (exact) mass is 458 g/mol. The minimum absolute atomic E-state index is 0. The van der Waals surface area contributed by atoms with Crippen LogP contribution >= 0.6 is 7.53 Å². The zero-order valence-corrected chi connectivity index (χ0v) is 19.9. The van der Waals surface area contributed by atoms with Crippen LogP contribution in [0.4, 0.5) is 0 Å². The van der Waals surface area contributed by atoms with E-state index in [1.807, 2.05) is 0 Å². The molecule has 140 valence electrons. The Morgan fingerprint density at radius 3 is 2.46 bits per heavy atom. The fourth-order valence-electron chi connectivity index (χ4n) is 4.12. The van der Waals surface area contributed by atoms with Crippen LogP contribution in [0.1, 0.15) is 35.6 Å². The molecule has 0 nitrogen and oxygen atoms in total. The molecule has 0 aliphatic heterocycles. The van der Waals surface area contributed by atoms with Gasteiger partial charge in [-0.1, -0.05) is 0 Å². The number of halogens is 2. The molecule has 4 heteroatoms. The minimum Gasteiger partial charge on any atom is -1.00 e. The number of hydrogen-bond donors (Lipinski definition) is 0. The van der Waals surface area contributed by atoms with Gasteiger partial charge in [-0.25, -0.2) is 0 Å². The van der Waals surface area contributed by atoms with Gasteiger partial charge in [-0.3, -0.25) is 0 Å². The van der Waals surface area contributed by atoms with Crippen molar-refractivity contribution in [2.75, 3.05) is 0 Å². The summed E-state index contributed by atoms with van der Waals surface area (Å²) in [6, 6.07) is 20.4. The number of rotatable bonds is 3. The standard InChI is InChI=1S/C17H12P.C7H9.2ClH.Ti/c1-2-7-15-12-16(11-14(15)6-1)18-10-9-13-5-3-4-8-17(13)18;1-6-4-3-5-7(6)2;;;/h1-12H;4H,3H2,1-2H3;2*1H;/q;;;;+2/p-2. The summed E-state index contributed by atoms with van der Waals surface area (Å²) in [6.45, 7) is 4.60. The van der Waals surface area contributed by atoms with E-state index in [-0.39, 0.29) is 51.5 Å². The maximum absolute atomic E-state index is 2.52. The molecule has 3 aromatic rings. The molecule has 28 heavy (non-hydrogen) atoms. The Bertz CT molecular complexity index is 1120. The zero-order valence-electron chi connectivity index (χ0n) is 15.9. The van der Waals surface area contributed by atoms with Crippen molar-refractivity contribution in [2.24, 2.45) is 0 Å². The predicted molar refractivity (Wildman–Crippen MR) is 111 cm³/mol. The van der Waals surface area contributed by atoms with Gasteiger partial charge in [0.2, 0.25) is 0 Å². The van der Waals surface area contributed by atoms with Gasteiger partial charge in [0.15, 0.2) is 0 Å². The molecule has 0 bridgehead atoms. The van der Waals surface area contributed by atoms with Crippen molar-refractivity contribution < 1.29 is 44.0 Å². The van der Waals surface area contributed by atoms with Gasteiger partial charge in [-0.2, -0.15) is 0 Å². The largest absolute Gasteiger partial charge is 1.00 e. The summed E-state index contributed by atoms with van der Waals surface area (Å²) in [5.74, 6) is 2.48. The third-order valence-electron chi connectivity index (χ3n) is 5.76. The van der Waals surface area contributed by atoms with Crippen LogP contribution in [0.3, 0.4) is 0 Å². The number of allylic oxidation sites excluding steroid dienone is 5. The molecule has 0 saturated carbocycles. The number of benzene rings is 2. The Balaban J connectivity index is 0.00000112. The van der Waals surface area contributed by atoms with Gasteiger partial charge in [0.25, 0.3) is 0 Å². The normalized spacial score (nSPS) is 18.1. The second-order valence-corrected chi connectivity index (χ2v) is 11.5. The summed E-state index contributed by atoms with van der Waals surface area (Å²) >= 11 is -0.211. The Morgan fingerprint density at radius 2 is 1.68 bits per heavy atom. The average molecular weight is 459 g/mol. The molecule has 2 aliphatic carbocycles. The second kappa shape index (κ2) is 8.78. The van der Waals surface area contributed by atoms with Crippen molar-refractivity contribution >= 4 is 29.4 Å². The second-order valence-electron chi connectivity index (χ2n) is 7.21. The smallest absolute Gasteiger partial charge is 1.00 e. The van der Waals surface area contributed by atoms with Crippen LogP contribution in [0.25, 0.3) is 21.9 Å². The zero-order chi connectivity index (χ0) is 17.7. The molecule has 0 N–H and O–H groups in total. The Morgan fingerprint density at radius 1 is 0.929 bits per heavy atom. The van der Waals surface area contributed by atoms with E-state index < -0.39 is 0 Å². The van der Waals surface area contributed by atoms with E-state index in [0.717, 1.165) is 0 Å². The Hall–Kier alpha value is -1.01. The van der Waals surface area contributed by atoms with Gasteiger partial charge in [-0.15, -0.1) is 0 Å². The predicted octanol–water partition coefficient (Wildman–Crippen LogP) is 1.59. The molecular formula is C24H21Cl2PTi. The molecule has 1 aromatic heterocycles. The third-order valence-corrected chi connectivity index (χ3v) is 11.3. The van der Waals surface area contributed by atoms with E-state index >= 15 is 0 Å². The van der Waals surface area contributed by atoms with E-state index in [4.69, 9.17) is 0 Å². The molecule has 2 aliphatic rings. The molecule has 0 amide bonds. The topological polar surface area (TPSA) is 0 Å².